The maximum absolute atomic E-state index is 11.8. The molecular formula is C24H31NO2. The van der Waals surface area contributed by atoms with Gasteiger partial charge < -0.3 is 10.5 Å². The number of nitrogens with two attached hydrogens (primary N) is 1. The lowest BCUT2D eigenvalue weighted by Gasteiger charge is -2.31. The number of hydrogen-bond donors (Lipinski definition) is 1. The Kier molecular flexibility index (Phi) is 7.81. The van der Waals surface area contributed by atoms with Crippen molar-refractivity contribution in [2.24, 2.45) is 5.73 Å². The third kappa shape index (κ3) is 5.30. The molecule has 0 radical (unpaired) electrons. The molecule has 0 fully saturated rings. The van der Waals surface area contributed by atoms with Crippen LogP contribution < -0.4 is 10.5 Å². The summed E-state index contributed by atoms with van der Waals surface area (Å²) in [6.07, 6.45) is 6.14. The summed E-state index contributed by atoms with van der Waals surface area (Å²) in [5.41, 5.74) is 9.27. The number of rotatable bonds is 10. The Morgan fingerprint density at radius 3 is 2.37 bits per heavy atom. The summed E-state index contributed by atoms with van der Waals surface area (Å²) >= 11 is 0. The molecule has 0 saturated carbocycles. The van der Waals surface area contributed by atoms with E-state index in [1.54, 1.807) is 6.08 Å². The highest BCUT2D eigenvalue weighted by Crippen LogP contribution is 2.37. The summed E-state index contributed by atoms with van der Waals surface area (Å²) in [7, 11) is 0. The molecule has 3 heteroatoms. The minimum atomic E-state index is -0.183. The minimum absolute atomic E-state index is 0.151. The number of benzene rings is 2. The van der Waals surface area contributed by atoms with Gasteiger partial charge >= 0.3 is 0 Å². The molecule has 2 aromatic carbocycles. The monoisotopic (exact) mass is 365 g/mol. The Balaban J connectivity index is 2.29. The zero-order valence-corrected chi connectivity index (χ0v) is 16.7. The van der Waals surface area contributed by atoms with Gasteiger partial charge in [0.25, 0.3) is 0 Å². The molecule has 0 atom stereocenters. The van der Waals surface area contributed by atoms with Crippen molar-refractivity contribution in [2.45, 2.75) is 58.6 Å². The minimum Gasteiger partial charge on any atom is -0.489 e. The van der Waals surface area contributed by atoms with Gasteiger partial charge in [-0.1, -0.05) is 63.2 Å². The number of allylic oxidation sites excluding steroid dienone is 2. The summed E-state index contributed by atoms with van der Waals surface area (Å²) < 4.78 is 5.96. The number of ketones is 1. The molecule has 2 N–H and O–H groups in total. The predicted molar refractivity (Wildman–Crippen MR) is 112 cm³/mol. The quantitative estimate of drug-likeness (QED) is 0.580. The van der Waals surface area contributed by atoms with Crippen molar-refractivity contribution in [3.05, 3.63) is 77.4 Å². The largest absolute Gasteiger partial charge is 0.489 e. The normalized spacial score (nSPS) is 11.7. The van der Waals surface area contributed by atoms with Crippen molar-refractivity contribution < 1.29 is 9.53 Å². The van der Waals surface area contributed by atoms with E-state index in [0.717, 1.165) is 29.7 Å². The van der Waals surface area contributed by atoms with Crippen LogP contribution >= 0.6 is 0 Å². The molecule has 2 rings (SSSR count). The van der Waals surface area contributed by atoms with E-state index in [4.69, 9.17) is 10.5 Å². The first-order chi connectivity index (χ1) is 13.1. The lowest BCUT2D eigenvalue weighted by molar-refractivity contribution is -0.114. The molecule has 27 heavy (non-hydrogen) atoms. The lowest BCUT2D eigenvalue weighted by atomic mass is 9.73. The first kappa shape index (κ1) is 20.9. The molecule has 144 valence electrons. The van der Waals surface area contributed by atoms with Gasteiger partial charge in [0.2, 0.25) is 0 Å². The van der Waals surface area contributed by atoms with Crippen LogP contribution in [0.15, 0.2) is 60.7 Å². The van der Waals surface area contributed by atoms with E-state index < -0.39 is 0 Å². The molecule has 0 spiro atoms. The first-order valence-electron chi connectivity index (χ1n) is 9.80. The smallest absolute Gasteiger partial charge is 0.155 e. The van der Waals surface area contributed by atoms with E-state index in [1.165, 1.54) is 5.56 Å². The SMILES string of the molecule is CCC(=O)/C=C\C(CC)(CC)c1ccc(OCc2ccccc2)cc1CN. The fraction of sp³-hybridized carbons (Fsp3) is 0.375. The zero-order chi connectivity index (χ0) is 19.7. The van der Waals surface area contributed by atoms with E-state index in [-0.39, 0.29) is 11.2 Å². The average Bonchev–Trinajstić information content (AvgIpc) is 2.74. The van der Waals surface area contributed by atoms with E-state index in [1.807, 2.05) is 49.4 Å². The molecular weight excluding hydrogens is 334 g/mol. The van der Waals surface area contributed by atoms with Gasteiger partial charge in [-0.15, -0.1) is 0 Å². The summed E-state index contributed by atoms with van der Waals surface area (Å²) in [6, 6.07) is 16.3. The van der Waals surface area contributed by atoms with Crippen LogP contribution in [0, 0.1) is 0 Å². The lowest BCUT2D eigenvalue weighted by Crippen LogP contribution is -2.24. The van der Waals surface area contributed by atoms with Gasteiger partial charge in [-0.3, -0.25) is 4.79 Å². The topological polar surface area (TPSA) is 52.3 Å². The van der Waals surface area contributed by atoms with Crippen molar-refractivity contribution in [1.29, 1.82) is 0 Å². The second-order valence-corrected chi connectivity index (χ2v) is 6.81. The fourth-order valence-corrected chi connectivity index (χ4v) is 3.38. The molecule has 0 unspecified atom stereocenters. The van der Waals surface area contributed by atoms with Gasteiger partial charge in [0.1, 0.15) is 12.4 Å². The van der Waals surface area contributed by atoms with Crippen molar-refractivity contribution in [3.63, 3.8) is 0 Å². The Morgan fingerprint density at radius 1 is 1.07 bits per heavy atom. The zero-order valence-electron chi connectivity index (χ0n) is 16.7. The van der Waals surface area contributed by atoms with Crippen LogP contribution in [0.5, 0.6) is 5.75 Å². The van der Waals surface area contributed by atoms with E-state index >= 15 is 0 Å². The highest BCUT2D eigenvalue weighted by molar-refractivity contribution is 5.89. The predicted octanol–water partition coefficient (Wildman–Crippen LogP) is 5.32. The van der Waals surface area contributed by atoms with Gasteiger partial charge in [-0.2, -0.15) is 0 Å². The maximum atomic E-state index is 11.8. The highest BCUT2D eigenvalue weighted by atomic mass is 16.5. The summed E-state index contributed by atoms with van der Waals surface area (Å²) in [5.74, 6) is 0.969. The van der Waals surface area contributed by atoms with E-state index in [2.05, 4.69) is 26.0 Å². The standard InChI is InChI=1S/C24H31NO2/c1-4-21(26)14-15-24(5-2,6-3)23-13-12-22(16-20(23)17-25)27-18-19-10-8-7-9-11-19/h7-16H,4-6,17-18,25H2,1-3H3/b15-14-. The van der Waals surface area contributed by atoms with Crippen molar-refractivity contribution in [1.82, 2.24) is 0 Å². The Morgan fingerprint density at radius 2 is 1.78 bits per heavy atom. The molecule has 0 heterocycles. The molecule has 0 aliphatic carbocycles. The van der Waals surface area contributed by atoms with Gasteiger partial charge in [-0.05, 0) is 47.7 Å². The van der Waals surface area contributed by atoms with Crippen molar-refractivity contribution in [3.8, 4) is 5.75 Å². The fourth-order valence-electron chi connectivity index (χ4n) is 3.38. The highest BCUT2D eigenvalue weighted by Gasteiger charge is 2.28. The molecule has 0 aliphatic rings. The van der Waals surface area contributed by atoms with Crippen LogP contribution in [0.1, 0.15) is 56.7 Å². The number of ether oxygens (including phenoxy) is 1. The second kappa shape index (κ2) is 10.1. The molecule has 0 aromatic heterocycles. The van der Waals surface area contributed by atoms with Gasteiger partial charge in [0, 0.05) is 18.4 Å². The first-order valence-corrected chi connectivity index (χ1v) is 9.80. The van der Waals surface area contributed by atoms with E-state index in [9.17, 15) is 4.79 Å². The summed E-state index contributed by atoms with van der Waals surface area (Å²) in [4.78, 5) is 11.8. The Bertz CT molecular complexity index is 761. The van der Waals surface area contributed by atoms with Gasteiger partial charge in [-0.25, -0.2) is 0 Å². The van der Waals surface area contributed by atoms with Gasteiger partial charge in [0.15, 0.2) is 5.78 Å². The third-order valence-corrected chi connectivity index (χ3v) is 5.28. The molecule has 2 aromatic rings. The van der Waals surface area contributed by atoms with Crippen molar-refractivity contribution in [2.75, 3.05) is 0 Å². The number of carbonyl (C=O) groups excluding carboxylic acids is 1. The van der Waals surface area contributed by atoms with Crippen LogP contribution in [0.2, 0.25) is 0 Å². The van der Waals surface area contributed by atoms with Crippen LogP contribution in [-0.4, -0.2) is 5.78 Å². The molecule has 0 saturated heterocycles. The summed E-state index contributed by atoms with van der Waals surface area (Å²) in [5, 5.41) is 0. The summed E-state index contributed by atoms with van der Waals surface area (Å²) in [6.45, 7) is 7.17. The molecule has 3 nitrogen and oxygen atoms in total. The van der Waals surface area contributed by atoms with Crippen LogP contribution in [0.4, 0.5) is 0 Å². The van der Waals surface area contributed by atoms with Gasteiger partial charge in [0.05, 0.1) is 0 Å². The van der Waals surface area contributed by atoms with Crippen LogP contribution in [0.3, 0.4) is 0 Å². The van der Waals surface area contributed by atoms with E-state index in [0.29, 0.717) is 19.6 Å². The molecule has 0 bridgehead atoms. The number of carbonyl (C=O) groups is 1. The Labute approximate surface area is 163 Å². The number of hydrogen-bond acceptors (Lipinski definition) is 3. The second-order valence-electron chi connectivity index (χ2n) is 6.81. The van der Waals surface area contributed by atoms with Crippen LogP contribution in [-0.2, 0) is 23.4 Å². The Hall–Kier alpha value is -2.39. The average molecular weight is 366 g/mol. The molecule has 0 amide bonds. The molecule has 0 aliphatic heterocycles. The third-order valence-electron chi connectivity index (χ3n) is 5.28. The maximum Gasteiger partial charge on any atom is 0.155 e. The van der Waals surface area contributed by atoms with Crippen LogP contribution in [0.25, 0.3) is 0 Å². The van der Waals surface area contributed by atoms with Crippen molar-refractivity contribution >= 4 is 5.78 Å².